The summed E-state index contributed by atoms with van der Waals surface area (Å²) in [7, 11) is 1.53. The molecule has 0 bridgehead atoms. The number of nitrogens with zero attached hydrogens (tertiary/aromatic N) is 1. The average Bonchev–Trinajstić information content (AvgIpc) is 2.46. The van der Waals surface area contributed by atoms with Gasteiger partial charge in [-0.1, -0.05) is 29.3 Å². The molecule has 0 saturated carbocycles. The lowest BCUT2D eigenvalue weighted by molar-refractivity contribution is 0.303. The van der Waals surface area contributed by atoms with Crippen LogP contribution in [0.1, 0.15) is 11.1 Å². The highest BCUT2D eigenvalue weighted by Gasteiger charge is 2.08. The number of hydrogen-bond acceptors (Lipinski definition) is 3. The molecule has 0 fully saturated rings. The largest absolute Gasteiger partial charge is 0.497 e. The lowest BCUT2D eigenvalue weighted by Crippen LogP contribution is -1.98. The number of rotatable bonds is 4. The monoisotopic (exact) mass is 307 g/mol. The normalized spacial score (nSPS) is 9.90. The van der Waals surface area contributed by atoms with E-state index in [9.17, 15) is 0 Å². The Labute approximate surface area is 127 Å². The van der Waals surface area contributed by atoms with Crippen LogP contribution in [-0.4, -0.2) is 7.11 Å². The summed E-state index contributed by atoms with van der Waals surface area (Å²) in [5.41, 5.74) is 1.17. The van der Waals surface area contributed by atoms with Crippen molar-refractivity contribution in [2.24, 2.45) is 0 Å². The molecule has 0 aliphatic rings. The first kappa shape index (κ1) is 14.5. The molecule has 102 valence electrons. The fourth-order valence-electron chi connectivity index (χ4n) is 1.66. The van der Waals surface area contributed by atoms with Gasteiger partial charge in [-0.3, -0.25) is 0 Å². The minimum Gasteiger partial charge on any atom is -0.497 e. The van der Waals surface area contributed by atoms with Crippen LogP contribution >= 0.6 is 23.2 Å². The summed E-state index contributed by atoms with van der Waals surface area (Å²) < 4.78 is 10.8. The number of nitriles is 1. The smallest absolute Gasteiger partial charge is 0.124 e. The van der Waals surface area contributed by atoms with Crippen LogP contribution in [0.5, 0.6) is 11.5 Å². The molecule has 0 heterocycles. The van der Waals surface area contributed by atoms with E-state index in [1.165, 1.54) is 7.11 Å². The second kappa shape index (κ2) is 6.51. The van der Waals surface area contributed by atoms with Gasteiger partial charge in [0.15, 0.2) is 0 Å². The molecule has 0 saturated heterocycles. The van der Waals surface area contributed by atoms with E-state index < -0.39 is 0 Å². The third-order valence-electron chi connectivity index (χ3n) is 2.69. The fraction of sp³-hybridized carbons (Fsp3) is 0.133. The number of hydrogen-bond donors (Lipinski definition) is 0. The Kier molecular flexibility index (Phi) is 4.73. The summed E-state index contributed by atoms with van der Waals surface area (Å²) in [6.07, 6.45) is 0. The van der Waals surface area contributed by atoms with Gasteiger partial charge >= 0.3 is 0 Å². The Hall–Kier alpha value is -1.89. The highest BCUT2D eigenvalue weighted by molar-refractivity contribution is 6.35. The number of ether oxygens (including phenoxy) is 2. The number of halogens is 2. The summed E-state index contributed by atoms with van der Waals surface area (Å²) in [4.78, 5) is 0. The molecule has 5 heteroatoms. The van der Waals surface area contributed by atoms with Gasteiger partial charge in [0, 0.05) is 21.7 Å². The predicted octanol–water partition coefficient (Wildman–Crippen LogP) is 4.45. The second-order valence-electron chi connectivity index (χ2n) is 4.00. The minimum atomic E-state index is 0.219. The molecule has 20 heavy (non-hydrogen) atoms. The van der Waals surface area contributed by atoms with Crippen LogP contribution < -0.4 is 9.47 Å². The highest BCUT2D eigenvalue weighted by Crippen LogP contribution is 2.27. The van der Waals surface area contributed by atoms with E-state index in [-0.39, 0.29) is 6.61 Å². The molecule has 3 nitrogen and oxygen atoms in total. The second-order valence-corrected chi connectivity index (χ2v) is 4.81. The molecule has 0 spiro atoms. The first-order chi connectivity index (χ1) is 9.63. The molecular weight excluding hydrogens is 297 g/mol. The molecule has 0 aliphatic heterocycles. The number of benzene rings is 2. The van der Waals surface area contributed by atoms with Gasteiger partial charge in [0.2, 0.25) is 0 Å². The first-order valence-corrected chi connectivity index (χ1v) is 6.54. The molecule has 0 atom stereocenters. The molecule has 2 aromatic carbocycles. The van der Waals surface area contributed by atoms with E-state index in [1.807, 2.05) is 0 Å². The van der Waals surface area contributed by atoms with Crippen molar-refractivity contribution in [2.75, 3.05) is 7.11 Å². The van der Waals surface area contributed by atoms with Crippen molar-refractivity contribution in [2.45, 2.75) is 6.61 Å². The van der Waals surface area contributed by atoms with Crippen molar-refractivity contribution in [1.82, 2.24) is 0 Å². The van der Waals surface area contributed by atoms with Crippen LogP contribution in [0.2, 0.25) is 10.0 Å². The van der Waals surface area contributed by atoms with Gasteiger partial charge in [0.05, 0.1) is 18.7 Å². The van der Waals surface area contributed by atoms with E-state index in [0.29, 0.717) is 32.7 Å². The van der Waals surface area contributed by atoms with Crippen molar-refractivity contribution >= 4 is 23.2 Å². The van der Waals surface area contributed by atoms with E-state index >= 15 is 0 Å². The Morgan fingerprint density at radius 3 is 2.35 bits per heavy atom. The van der Waals surface area contributed by atoms with Gasteiger partial charge in [-0.2, -0.15) is 5.26 Å². The van der Waals surface area contributed by atoms with Crippen molar-refractivity contribution in [1.29, 1.82) is 5.26 Å². The fourth-order valence-corrected chi connectivity index (χ4v) is 2.17. The summed E-state index contributed by atoms with van der Waals surface area (Å²) in [6, 6.07) is 12.3. The summed E-state index contributed by atoms with van der Waals surface area (Å²) in [6.45, 7) is 0.219. The molecule has 0 N–H and O–H groups in total. The quantitative estimate of drug-likeness (QED) is 0.838. The van der Waals surface area contributed by atoms with E-state index in [2.05, 4.69) is 6.07 Å². The van der Waals surface area contributed by atoms with Gasteiger partial charge in [-0.05, 0) is 24.3 Å². The van der Waals surface area contributed by atoms with Gasteiger partial charge in [-0.15, -0.1) is 0 Å². The zero-order chi connectivity index (χ0) is 14.5. The molecule has 0 aromatic heterocycles. The minimum absolute atomic E-state index is 0.219. The van der Waals surface area contributed by atoms with Crippen LogP contribution in [0.3, 0.4) is 0 Å². The van der Waals surface area contributed by atoms with Crippen molar-refractivity contribution in [3.63, 3.8) is 0 Å². The van der Waals surface area contributed by atoms with Crippen LogP contribution in [0.15, 0.2) is 36.4 Å². The molecule has 2 rings (SSSR count). The maximum atomic E-state index is 8.95. The van der Waals surface area contributed by atoms with Crippen molar-refractivity contribution in [3.8, 4) is 17.6 Å². The molecular formula is C15H11Cl2NO2. The van der Waals surface area contributed by atoms with Crippen LogP contribution in [0.4, 0.5) is 0 Å². The lowest BCUT2D eigenvalue weighted by Gasteiger charge is -2.10. The van der Waals surface area contributed by atoms with E-state index in [4.69, 9.17) is 37.9 Å². The number of methoxy groups -OCH3 is 1. The topological polar surface area (TPSA) is 42.2 Å². The first-order valence-electron chi connectivity index (χ1n) is 5.79. The standard InChI is InChI=1S/C15H11Cl2NO2/c1-19-11-5-10(8-18)6-12(7-11)20-9-13-14(16)3-2-4-15(13)17/h2-7H,9H2,1H3. The summed E-state index contributed by atoms with van der Waals surface area (Å²) in [5, 5.41) is 10.0. The van der Waals surface area contributed by atoms with Crippen LogP contribution in [-0.2, 0) is 6.61 Å². The maximum absolute atomic E-state index is 8.95. The molecule has 0 unspecified atom stereocenters. The third-order valence-corrected chi connectivity index (χ3v) is 3.40. The molecule has 0 aliphatic carbocycles. The molecule has 0 amide bonds. The SMILES string of the molecule is COc1cc(C#N)cc(OCc2c(Cl)cccc2Cl)c1. The van der Waals surface area contributed by atoms with Crippen LogP contribution in [0.25, 0.3) is 0 Å². The Bertz CT molecular complexity index is 645. The van der Waals surface area contributed by atoms with Gasteiger partial charge < -0.3 is 9.47 Å². The zero-order valence-electron chi connectivity index (χ0n) is 10.7. The summed E-state index contributed by atoms with van der Waals surface area (Å²) >= 11 is 12.1. The van der Waals surface area contributed by atoms with E-state index in [1.54, 1.807) is 36.4 Å². The molecule has 2 aromatic rings. The Morgan fingerprint density at radius 2 is 1.75 bits per heavy atom. The third kappa shape index (κ3) is 3.36. The van der Waals surface area contributed by atoms with Crippen molar-refractivity contribution < 1.29 is 9.47 Å². The lowest BCUT2D eigenvalue weighted by atomic mass is 10.2. The van der Waals surface area contributed by atoms with Crippen molar-refractivity contribution in [3.05, 3.63) is 57.6 Å². The maximum Gasteiger partial charge on any atom is 0.124 e. The zero-order valence-corrected chi connectivity index (χ0v) is 12.2. The average molecular weight is 308 g/mol. The van der Waals surface area contributed by atoms with Gasteiger partial charge in [0.25, 0.3) is 0 Å². The van der Waals surface area contributed by atoms with Gasteiger partial charge in [-0.25, -0.2) is 0 Å². The van der Waals surface area contributed by atoms with Crippen LogP contribution in [0, 0.1) is 11.3 Å². The van der Waals surface area contributed by atoms with E-state index in [0.717, 1.165) is 0 Å². The summed E-state index contributed by atoms with van der Waals surface area (Å²) in [5.74, 6) is 1.08. The molecule has 0 radical (unpaired) electrons. The predicted molar refractivity (Wildman–Crippen MR) is 78.5 cm³/mol. The Balaban J connectivity index is 2.21. The Morgan fingerprint density at radius 1 is 1.10 bits per heavy atom. The van der Waals surface area contributed by atoms with Gasteiger partial charge in [0.1, 0.15) is 18.1 Å². The highest BCUT2D eigenvalue weighted by atomic mass is 35.5.